The quantitative estimate of drug-likeness (QED) is 0.753. The zero-order chi connectivity index (χ0) is 16.8. The lowest BCUT2D eigenvalue weighted by Gasteiger charge is -2.11. The number of para-hydroxylation sites is 1. The third kappa shape index (κ3) is 3.95. The molecule has 1 aromatic carbocycles. The molecule has 0 aliphatic rings. The van der Waals surface area contributed by atoms with Crippen LogP contribution < -0.4 is 10.1 Å². The van der Waals surface area contributed by atoms with Gasteiger partial charge in [-0.15, -0.1) is 5.10 Å². The second-order valence-corrected chi connectivity index (χ2v) is 5.17. The number of pyridine rings is 1. The molecule has 2 heterocycles. The van der Waals surface area contributed by atoms with Crippen molar-refractivity contribution in [2.45, 2.75) is 19.6 Å². The van der Waals surface area contributed by atoms with Crippen molar-refractivity contribution < 1.29 is 9.53 Å². The van der Waals surface area contributed by atoms with Gasteiger partial charge in [-0.05, 0) is 31.2 Å². The third-order valence-electron chi connectivity index (χ3n) is 3.38. The van der Waals surface area contributed by atoms with Crippen LogP contribution in [0.3, 0.4) is 0 Å². The number of carbonyl (C=O) groups is 1. The predicted molar refractivity (Wildman–Crippen MR) is 88.4 cm³/mol. The highest BCUT2D eigenvalue weighted by Crippen LogP contribution is 2.12. The lowest BCUT2D eigenvalue weighted by molar-refractivity contribution is -0.119. The van der Waals surface area contributed by atoms with Crippen molar-refractivity contribution in [1.29, 1.82) is 0 Å². The molecule has 0 unspecified atom stereocenters. The van der Waals surface area contributed by atoms with Crippen LogP contribution in [0.15, 0.2) is 60.9 Å². The molecule has 0 saturated carbocycles. The molecule has 0 bridgehead atoms. The molecule has 3 aromatic rings. The highest BCUT2D eigenvalue weighted by molar-refractivity contribution is 5.92. The van der Waals surface area contributed by atoms with Crippen LogP contribution in [0.25, 0.3) is 0 Å². The van der Waals surface area contributed by atoms with Gasteiger partial charge < -0.3 is 10.1 Å². The molecule has 0 radical (unpaired) electrons. The Hall–Kier alpha value is -3.22. The molecular weight excluding hydrogens is 306 g/mol. The fraction of sp³-hybridized carbons (Fsp3) is 0.176. The van der Waals surface area contributed by atoms with Crippen molar-refractivity contribution in [3.63, 3.8) is 0 Å². The summed E-state index contributed by atoms with van der Waals surface area (Å²) >= 11 is 0. The number of carbonyl (C=O) groups excluding carboxylic acids is 1. The van der Waals surface area contributed by atoms with Gasteiger partial charge in [0, 0.05) is 6.20 Å². The predicted octanol–water partition coefficient (Wildman–Crippen LogP) is 2.45. The lowest BCUT2D eigenvalue weighted by Crippen LogP contribution is -2.24. The summed E-state index contributed by atoms with van der Waals surface area (Å²) in [6.07, 6.45) is 3.32. The van der Waals surface area contributed by atoms with Crippen LogP contribution >= 0.6 is 0 Å². The van der Waals surface area contributed by atoms with Gasteiger partial charge in [0.15, 0.2) is 0 Å². The molecule has 0 saturated heterocycles. The van der Waals surface area contributed by atoms with Crippen LogP contribution in [-0.4, -0.2) is 25.9 Å². The minimum atomic E-state index is -0.509. The zero-order valence-corrected chi connectivity index (χ0v) is 13.2. The third-order valence-corrected chi connectivity index (χ3v) is 3.38. The summed E-state index contributed by atoms with van der Waals surface area (Å²) < 4.78 is 7.12. The minimum Gasteiger partial charge on any atom is -0.487 e. The second kappa shape index (κ2) is 7.36. The maximum absolute atomic E-state index is 12.2. The van der Waals surface area contributed by atoms with E-state index in [0.717, 1.165) is 5.75 Å². The zero-order valence-electron chi connectivity index (χ0n) is 13.2. The fourth-order valence-electron chi connectivity index (χ4n) is 2.03. The van der Waals surface area contributed by atoms with E-state index in [4.69, 9.17) is 4.74 Å². The summed E-state index contributed by atoms with van der Waals surface area (Å²) in [5.74, 6) is 1.05. The molecule has 7 heteroatoms. The molecular formula is C17H17N5O2. The van der Waals surface area contributed by atoms with E-state index >= 15 is 0 Å². The second-order valence-electron chi connectivity index (χ2n) is 5.17. The first-order chi connectivity index (χ1) is 11.7. The number of ether oxygens (including phenoxy) is 1. The van der Waals surface area contributed by atoms with E-state index in [1.54, 1.807) is 31.5 Å². The van der Waals surface area contributed by atoms with Crippen LogP contribution in [0.5, 0.6) is 5.75 Å². The highest BCUT2D eigenvalue weighted by Gasteiger charge is 2.17. The number of anilines is 1. The molecule has 1 atom stereocenters. The highest BCUT2D eigenvalue weighted by atomic mass is 16.5. The number of nitrogens with one attached hydrogen (secondary N) is 1. The number of hydrogen-bond donors (Lipinski definition) is 1. The topological polar surface area (TPSA) is 81.9 Å². The Morgan fingerprint density at radius 3 is 2.75 bits per heavy atom. The van der Waals surface area contributed by atoms with E-state index in [1.165, 1.54) is 4.68 Å². The Kier molecular flexibility index (Phi) is 4.81. The van der Waals surface area contributed by atoms with E-state index in [9.17, 15) is 4.79 Å². The molecule has 0 aliphatic carbocycles. The molecule has 122 valence electrons. The van der Waals surface area contributed by atoms with Crippen LogP contribution in [0.1, 0.15) is 18.7 Å². The minimum absolute atomic E-state index is 0.214. The van der Waals surface area contributed by atoms with Gasteiger partial charge in [-0.1, -0.05) is 29.5 Å². The van der Waals surface area contributed by atoms with Crippen LogP contribution in [0.4, 0.5) is 5.82 Å². The summed E-state index contributed by atoms with van der Waals surface area (Å²) in [7, 11) is 0. The normalized spacial score (nSPS) is 11.7. The van der Waals surface area contributed by atoms with E-state index in [0.29, 0.717) is 18.1 Å². The Balaban J connectivity index is 1.59. The Bertz CT molecular complexity index is 789. The van der Waals surface area contributed by atoms with Crippen molar-refractivity contribution in [3.05, 3.63) is 66.6 Å². The van der Waals surface area contributed by atoms with Gasteiger partial charge in [0.2, 0.25) is 5.91 Å². The van der Waals surface area contributed by atoms with Crippen molar-refractivity contribution >= 4 is 11.7 Å². The Morgan fingerprint density at radius 1 is 1.21 bits per heavy atom. The number of amides is 1. The average Bonchev–Trinajstić information content (AvgIpc) is 3.10. The molecule has 0 spiro atoms. The van der Waals surface area contributed by atoms with Crippen LogP contribution in [0, 0.1) is 0 Å². The van der Waals surface area contributed by atoms with Crippen molar-refractivity contribution in [3.8, 4) is 5.75 Å². The Labute approximate surface area is 139 Å². The van der Waals surface area contributed by atoms with Crippen molar-refractivity contribution in [2.75, 3.05) is 5.32 Å². The smallest absolute Gasteiger partial charge is 0.250 e. The van der Waals surface area contributed by atoms with Gasteiger partial charge >= 0.3 is 0 Å². The summed E-state index contributed by atoms with van der Waals surface area (Å²) in [5.41, 5.74) is 0.649. The monoisotopic (exact) mass is 323 g/mol. The van der Waals surface area contributed by atoms with Gasteiger partial charge in [0.25, 0.3) is 0 Å². The van der Waals surface area contributed by atoms with E-state index in [-0.39, 0.29) is 5.91 Å². The Morgan fingerprint density at radius 2 is 2.00 bits per heavy atom. The fourth-order valence-corrected chi connectivity index (χ4v) is 2.03. The first kappa shape index (κ1) is 15.7. The number of nitrogens with zero attached hydrogens (tertiary/aromatic N) is 4. The van der Waals surface area contributed by atoms with E-state index in [2.05, 4.69) is 20.6 Å². The number of benzene rings is 1. The van der Waals surface area contributed by atoms with Crippen molar-refractivity contribution in [1.82, 2.24) is 20.0 Å². The van der Waals surface area contributed by atoms with Crippen LogP contribution in [0.2, 0.25) is 0 Å². The average molecular weight is 323 g/mol. The molecule has 24 heavy (non-hydrogen) atoms. The standard InChI is InChI=1S/C17H17N5O2/c1-13(17(23)19-16-9-5-6-10-18-16)22-11-14(20-21-22)12-24-15-7-3-2-4-8-15/h2-11,13H,12H2,1H3,(H,18,19,23)/t13-/m0/s1. The van der Waals surface area contributed by atoms with E-state index in [1.807, 2.05) is 36.4 Å². The molecule has 0 fully saturated rings. The van der Waals surface area contributed by atoms with Gasteiger partial charge in [-0.3, -0.25) is 4.79 Å². The molecule has 3 rings (SSSR count). The maximum Gasteiger partial charge on any atom is 0.250 e. The van der Waals surface area contributed by atoms with Gasteiger partial charge in [0.05, 0.1) is 6.20 Å². The first-order valence-corrected chi connectivity index (χ1v) is 7.53. The summed E-state index contributed by atoms with van der Waals surface area (Å²) in [4.78, 5) is 16.3. The lowest BCUT2D eigenvalue weighted by atomic mass is 10.3. The van der Waals surface area contributed by atoms with Gasteiger partial charge in [-0.25, -0.2) is 9.67 Å². The molecule has 2 aromatic heterocycles. The summed E-state index contributed by atoms with van der Waals surface area (Å²) in [6.45, 7) is 2.04. The van der Waals surface area contributed by atoms with E-state index < -0.39 is 6.04 Å². The van der Waals surface area contributed by atoms with Crippen molar-refractivity contribution in [2.24, 2.45) is 0 Å². The largest absolute Gasteiger partial charge is 0.487 e. The molecule has 1 amide bonds. The number of aromatic nitrogens is 4. The summed E-state index contributed by atoms with van der Waals surface area (Å²) in [5, 5.41) is 10.8. The van der Waals surface area contributed by atoms with Gasteiger partial charge in [-0.2, -0.15) is 0 Å². The maximum atomic E-state index is 12.2. The molecule has 0 aliphatic heterocycles. The number of hydrogen-bond acceptors (Lipinski definition) is 5. The van der Waals surface area contributed by atoms with Crippen LogP contribution in [-0.2, 0) is 11.4 Å². The SMILES string of the molecule is C[C@@H](C(=O)Nc1ccccn1)n1cc(COc2ccccc2)nn1. The molecule has 7 nitrogen and oxygen atoms in total. The van der Waals surface area contributed by atoms with Gasteiger partial charge in [0.1, 0.15) is 29.9 Å². The molecule has 1 N–H and O–H groups in total. The summed E-state index contributed by atoms with van der Waals surface area (Å²) in [6, 6.07) is 14.3. The first-order valence-electron chi connectivity index (χ1n) is 7.53. The number of rotatable bonds is 6.